The second kappa shape index (κ2) is 7.38. The normalized spacial score (nSPS) is 18.1. The van der Waals surface area contributed by atoms with Crippen LogP contribution in [-0.4, -0.2) is 29.6 Å². The lowest BCUT2D eigenvalue weighted by atomic mass is 9.97. The van der Waals surface area contributed by atoms with Gasteiger partial charge in [-0.1, -0.05) is 16.8 Å². The Kier molecular flexibility index (Phi) is 5.23. The van der Waals surface area contributed by atoms with E-state index in [0.717, 1.165) is 31.4 Å². The highest BCUT2D eigenvalue weighted by Gasteiger charge is 2.28. The predicted molar refractivity (Wildman–Crippen MR) is 89.5 cm³/mol. The van der Waals surface area contributed by atoms with Crippen LogP contribution in [0.5, 0.6) is 0 Å². The van der Waals surface area contributed by atoms with Crippen molar-refractivity contribution in [3.8, 4) is 0 Å². The van der Waals surface area contributed by atoms with Crippen LogP contribution in [0.4, 0.5) is 0 Å². The molecule has 0 spiro atoms. The Morgan fingerprint density at radius 1 is 1.42 bits per heavy atom. The monoisotopic (exact) mass is 351 g/mol. The third kappa shape index (κ3) is 4.38. The number of hydrogen-bond donors (Lipinski definition) is 2. The number of aromatic nitrogens is 1. The van der Waals surface area contributed by atoms with E-state index in [1.165, 1.54) is 0 Å². The average Bonchev–Trinajstić information content (AvgIpc) is 3.26. The van der Waals surface area contributed by atoms with Crippen LogP contribution in [0.2, 0.25) is 0 Å². The highest BCUT2D eigenvalue weighted by atomic mass is 35.5. The summed E-state index contributed by atoms with van der Waals surface area (Å²) in [5.41, 5.74) is 1.35. The average molecular weight is 352 g/mol. The van der Waals surface area contributed by atoms with Gasteiger partial charge in [-0.15, -0.1) is 0 Å². The van der Waals surface area contributed by atoms with Crippen LogP contribution in [0, 0.1) is 0 Å². The van der Waals surface area contributed by atoms with E-state index in [-0.39, 0.29) is 24.3 Å². The lowest BCUT2D eigenvalue weighted by molar-refractivity contribution is -0.120. The fraction of sp³-hybridized carbons (Fsp3) is 0.588. The molecule has 3 rings (SSSR count). The van der Waals surface area contributed by atoms with E-state index in [1.807, 2.05) is 13.0 Å². The molecule has 0 radical (unpaired) electrons. The summed E-state index contributed by atoms with van der Waals surface area (Å²) in [5, 5.41) is 10.3. The molecule has 1 unspecified atom stereocenters. The van der Waals surface area contributed by atoms with Crippen LogP contribution < -0.4 is 10.6 Å². The van der Waals surface area contributed by atoms with Gasteiger partial charge in [0.15, 0.2) is 0 Å². The van der Waals surface area contributed by atoms with Gasteiger partial charge in [-0.3, -0.25) is 9.59 Å². The molecule has 2 aliphatic carbocycles. The summed E-state index contributed by atoms with van der Waals surface area (Å²) in [5.74, 6) is 1.20. The first-order chi connectivity index (χ1) is 11.5. The van der Waals surface area contributed by atoms with E-state index in [2.05, 4.69) is 15.8 Å². The molecule has 1 heterocycles. The molecule has 24 heavy (non-hydrogen) atoms. The summed E-state index contributed by atoms with van der Waals surface area (Å²) in [6.07, 6.45) is 4.71. The van der Waals surface area contributed by atoms with Crippen LogP contribution in [0.15, 0.2) is 21.2 Å². The molecule has 0 aliphatic heterocycles. The SMILES string of the molecule is CC(CCNC(=O)Cc1cc(C2CC2)on1)NC(=O)C1=C(Cl)CC1. The first kappa shape index (κ1) is 17.0. The number of amides is 2. The topological polar surface area (TPSA) is 84.2 Å². The number of rotatable bonds is 8. The first-order valence-electron chi connectivity index (χ1n) is 8.43. The summed E-state index contributed by atoms with van der Waals surface area (Å²) in [7, 11) is 0. The smallest absolute Gasteiger partial charge is 0.248 e. The van der Waals surface area contributed by atoms with E-state index >= 15 is 0 Å². The van der Waals surface area contributed by atoms with E-state index in [9.17, 15) is 9.59 Å². The minimum Gasteiger partial charge on any atom is -0.361 e. The number of hydrogen-bond acceptors (Lipinski definition) is 4. The minimum atomic E-state index is -0.0970. The Labute approximate surface area is 146 Å². The largest absolute Gasteiger partial charge is 0.361 e. The van der Waals surface area contributed by atoms with E-state index in [1.54, 1.807) is 0 Å². The van der Waals surface area contributed by atoms with Gasteiger partial charge in [0.25, 0.3) is 0 Å². The maximum atomic E-state index is 11.9. The van der Waals surface area contributed by atoms with E-state index < -0.39 is 0 Å². The van der Waals surface area contributed by atoms with Gasteiger partial charge in [-0.2, -0.15) is 0 Å². The van der Waals surface area contributed by atoms with Crippen molar-refractivity contribution in [3.05, 3.63) is 28.1 Å². The first-order valence-corrected chi connectivity index (χ1v) is 8.81. The second-order valence-electron chi connectivity index (χ2n) is 6.57. The molecule has 2 N–H and O–H groups in total. The number of allylic oxidation sites excluding steroid dienone is 1. The molecule has 1 aromatic heterocycles. The van der Waals surface area contributed by atoms with Crippen molar-refractivity contribution >= 4 is 23.4 Å². The van der Waals surface area contributed by atoms with Gasteiger partial charge in [0.05, 0.1) is 12.1 Å². The highest BCUT2D eigenvalue weighted by molar-refractivity contribution is 6.33. The molecule has 1 fully saturated rings. The van der Waals surface area contributed by atoms with Gasteiger partial charge in [-0.05, 0) is 39.0 Å². The summed E-state index contributed by atoms with van der Waals surface area (Å²) in [4.78, 5) is 23.8. The highest BCUT2D eigenvalue weighted by Crippen LogP contribution is 2.40. The molecule has 2 amide bonds. The summed E-state index contributed by atoms with van der Waals surface area (Å²) >= 11 is 5.89. The van der Waals surface area contributed by atoms with Crippen molar-refractivity contribution in [2.45, 2.75) is 57.4 Å². The molecule has 2 aliphatic rings. The number of carbonyl (C=O) groups excluding carboxylic acids is 2. The molecular weight excluding hydrogens is 330 g/mol. The molecule has 6 nitrogen and oxygen atoms in total. The van der Waals surface area contributed by atoms with Gasteiger partial charge in [0.2, 0.25) is 11.8 Å². The number of halogens is 1. The number of nitrogens with one attached hydrogen (secondary N) is 2. The zero-order chi connectivity index (χ0) is 17.1. The van der Waals surface area contributed by atoms with E-state index in [4.69, 9.17) is 16.1 Å². The predicted octanol–water partition coefficient (Wildman–Crippen LogP) is 2.39. The fourth-order valence-electron chi connectivity index (χ4n) is 2.59. The molecule has 1 aromatic rings. The Bertz CT molecular complexity index is 664. The zero-order valence-electron chi connectivity index (χ0n) is 13.7. The van der Waals surface area contributed by atoms with E-state index in [0.29, 0.717) is 35.2 Å². The molecule has 7 heteroatoms. The van der Waals surface area contributed by atoms with Gasteiger partial charge in [0, 0.05) is 35.2 Å². The number of carbonyl (C=O) groups is 2. The standard InChI is InChI=1S/C17H22ClN3O3/c1-10(20-17(23)13-4-5-14(13)18)6-7-19-16(22)9-12-8-15(24-21-12)11-2-3-11/h8,10-11H,2-7,9H2,1H3,(H,19,22)(H,20,23). The van der Waals surface area contributed by atoms with Crippen molar-refractivity contribution in [2.75, 3.05) is 6.54 Å². The molecular formula is C17H22ClN3O3. The van der Waals surface area contributed by atoms with Crippen LogP contribution in [0.25, 0.3) is 0 Å². The lowest BCUT2D eigenvalue weighted by Crippen LogP contribution is -2.38. The van der Waals surface area contributed by atoms with Gasteiger partial charge in [-0.25, -0.2) is 0 Å². The molecule has 1 atom stereocenters. The Morgan fingerprint density at radius 3 is 2.83 bits per heavy atom. The van der Waals surface area contributed by atoms with Gasteiger partial charge >= 0.3 is 0 Å². The molecule has 130 valence electrons. The molecule has 0 aromatic carbocycles. The van der Waals surface area contributed by atoms with Gasteiger partial charge in [0.1, 0.15) is 5.76 Å². The molecule has 0 saturated heterocycles. The van der Waals surface area contributed by atoms with Crippen molar-refractivity contribution < 1.29 is 14.1 Å². The Hall–Kier alpha value is -1.82. The lowest BCUT2D eigenvalue weighted by Gasteiger charge is -2.21. The fourth-order valence-corrected chi connectivity index (χ4v) is 2.87. The van der Waals surface area contributed by atoms with Crippen LogP contribution in [0.3, 0.4) is 0 Å². The van der Waals surface area contributed by atoms with Crippen molar-refractivity contribution in [1.29, 1.82) is 0 Å². The Balaban J connectivity index is 1.33. The maximum Gasteiger partial charge on any atom is 0.248 e. The van der Waals surface area contributed by atoms with Crippen LogP contribution in [-0.2, 0) is 16.0 Å². The summed E-state index contributed by atoms with van der Waals surface area (Å²) in [6, 6.07) is 1.85. The third-order valence-corrected chi connectivity index (χ3v) is 4.79. The van der Waals surface area contributed by atoms with Crippen molar-refractivity contribution in [1.82, 2.24) is 15.8 Å². The quantitative estimate of drug-likeness (QED) is 0.753. The summed E-state index contributed by atoms with van der Waals surface area (Å²) < 4.78 is 5.23. The van der Waals surface area contributed by atoms with Gasteiger partial charge < -0.3 is 15.2 Å². The summed E-state index contributed by atoms with van der Waals surface area (Å²) in [6.45, 7) is 2.41. The number of nitrogens with zero attached hydrogens (tertiary/aromatic N) is 1. The maximum absolute atomic E-state index is 11.9. The minimum absolute atomic E-state index is 0.0242. The van der Waals surface area contributed by atoms with Crippen molar-refractivity contribution in [3.63, 3.8) is 0 Å². The molecule has 1 saturated carbocycles. The van der Waals surface area contributed by atoms with Crippen LogP contribution >= 0.6 is 11.6 Å². The third-order valence-electron chi connectivity index (χ3n) is 4.37. The Morgan fingerprint density at radius 2 is 2.21 bits per heavy atom. The second-order valence-corrected chi connectivity index (χ2v) is 7.02. The zero-order valence-corrected chi connectivity index (χ0v) is 14.5. The van der Waals surface area contributed by atoms with Crippen molar-refractivity contribution in [2.24, 2.45) is 0 Å². The van der Waals surface area contributed by atoms with Crippen LogP contribution in [0.1, 0.15) is 56.4 Å². The molecule has 0 bridgehead atoms.